The van der Waals surface area contributed by atoms with Gasteiger partial charge in [-0.3, -0.25) is 4.79 Å². The van der Waals surface area contributed by atoms with E-state index in [-0.39, 0.29) is 17.9 Å². The molecule has 9 heteroatoms. The van der Waals surface area contributed by atoms with Gasteiger partial charge >= 0.3 is 5.97 Å². The van der Waals surface area contributed by atoms with E-state index in [9.17, 15) is 9.59 Å². The lowest BCUT2D eigenvalue weighted by molar-refractivity contribution is -0.139. The number of carbonyl (C=O) groups is 2. The predicted molar refractivity (Wildman–Crippen MR) is 83.3 cm³/mol. The van der Waals surface area contributed by atoms with Gasteiger partial charge in [-0.2, -0.15) is 5.10 Å². The summed E-state index contributed by atoms with van der Waals surface area (Å²) in [6, 6.07) is 3.76. The maximum Gasteiger partial charge on any atom is 0.326 e. The molecule has 22 heavy (non-hydrogen) atoms. The average molecular weight is 388 g/mol. The van der Waals surface area contributed by atoms with Crippen LogP contribution in [0.2, 0.25) is 5.02 Å². The highest BCUT2D eigenvalue weighted by Crippen LogP contribution is 2.21. The summed E-state index contributed by atoms with van der Waals surface area (Å²) >= 11 is 9.25. The number of nitrogens with zero attached hydrogens (tertiary/aromatic N) is 3. The second-order valence-corrected chi connectivity index (χ2v) is 5.57. The van der Waals surface area contributed by atoms with Crippen LogP contribution < -0.4 is 5.32 Å². The SMILES string of the molecule is CC[C@@H](NC(=O)c1cc(Br)nn1-c1ncccc1Cl)C(=O)O. The third-order valence-electron chi connectivity index (χ3n) is 2.86. The molecule has 0 aromatic carbocycles. The first-order valence-electron chi connectivity index (χ1n) is 6.34. The van der Waals surface area contributed by atoms with Crippen molar-refractivity contribution in [1.82, 2.24) is 20.1 Å². The maximum absolute atomic E-state index is 12.3. The van der Waals surface area contributed by atoms with Crippen LogP contribution in [-0.2, 0) is 4.79 Å². The van der Waals surface area contributed by atoms with Crippen LogP contribution in [0.1, 0.15) is 23.8 Å². The van der Waals surface area contributed by atoms with Gasteiger partial charge in [0.1, 0.15) is 16.3 Å². The van der Waals surface area contributed by atoms with Crippen LogP contribution in [0.25, 0.3) is 5.82 Å². The molecule has 2 aromatic rings. The second kappa shape index (κ2) is 6.89. The Balaban J connectivity index is 2.39. The number of pyridine rings is 1. The zero-order valence-electron chi connectivity index (χ0n) is 11.5. The quantitative estimate of drug-likeness (QED) is 0.820. The summed E-state index contributed by atoms with van der Waals surface area (Å²) in [6.45, 7) is 1.67. The highest BCUT2D eigenvalue weighted by molar-refractivity contribution is 9.10. The Morgan fingerprint density at radius 3 is 2.86 bits per heavy atom. The van der Waals surface area contributed by atoms with Gasteiger partial charge in [-0.25, -0.2) is 14.5 Å². The highest BCUT2D eigenvalue weighted by Gasteiger charge is 2.23. The van der Waals surface area contributed by atoms with E-state index in [4.69, 9.17) is 16.7 Å². The van der Waals surface area contributed by atoms with Crippen LogP contribution in [0.4, 0.5) is 0 Å². The lowest BCUT2D eigenvalue weighted by Gasteiger charge is -2.13. The zero-order valence-corrected chi connectivity index (χ0v) is 13.8. The van der Waals surface area contributed by atoms with Crippen molar-refractivity contribution >= 4 is 39.4 Å². The minimum absolute atomic E-state index is 0.132. The van der Waals surface area contributed by atoms with Crippen molar-refractivity contribution in [3.63, 3.8) is 0 Å². The summed E-state index contributed by atoms with van der Waals surface area (Å²) in [5.41, 5.74) is 0.132. The summed E-state index contributed by atoms with van der Waals surface area (Å²) in [5, 5.41) is 15.9. The minimum atomic E-state index is -1.10. The Bertz CT molecular complexity index is 719. The van der Waals surface area contributed by atoms with E-state index in [0.29, 0.717) is 9.63 Å². The fourth-order valence-electron chi connectivity index (χ4n) is 1.78. The molecule has 0 saturated carbocycles. The summed E-state index contributed by atoms with van der Waals surface area (Å²) in [5.74, 6) is -1.39. The number of aliphatic carboxylic acids is 1. The number of hydrogen-bond acceptors (Lipinski definition) is 4. The number of amides is 1. The Hall–Kier alpha value is -1.93. The van der Waals surface area contributed by atoms with Crippen molar-refractivity contribution in [2.24, 2.45) is 0 Å². The van der Waals surface area contributed by atoms with Gasteiger partial charge in [0.15, 0.2) is 5.82 Å². The zero-order chi connectivity index (χ0) is 16.3. The van der Waals surface area contributed by atoms with Gasteiger partial charge in [-0.15, -0.1) is 0 Å². The van der Waals surface area contributed by atoms with E-state index < -0.39 is 17.9 Å². The van der Waals surface area contributed by atoms with Gasteiger partial charge in [0, 0.05) is 12.3 Å². The van der Waals surface area contributed by atoms with Crippen LogP contribution in [0, 0.1) is 0 Å². The van der Waals surface area contributed by atoms with E-state index in [1.54, 1.807) is 19.1 Å². The molecule has 0 unspecified atom stereocenters. The van der Waals surface area contributed by atoms with Crippen molar-refractivity contribution < 1.29 is 14.7 Å². The summed E-state index contributed by atoms with van der Waals surface area (Å²) < 4.78 is 1.67. The number of aromatic nitrogens is 3. The molecular formula is C13H12BrClN4O3. The van der Waals surface area contributed by atoms with E-state index in [1.807, 2.05) is 0 Å². The number of halogens is 2. The molecule has 0 radical (unpaired) electrons. The molecular weight excluding hydrogens is 376 g/mol. The Morgan fingerprint density at radius 2 is 2.27 bits per heavy atom. The predicted octanol–water partition coefficient (Wildman–Crippen LogP) is 2.28. The monoisotopic (exact) mass is 386 g/mol. The number of rotatable bonds is 5. The third-order valence-corrected chi connectivity index (χ3v) is 3.55. The van der Waals surface area contributed by atoms with E-state index in [1.165, 1.54) is 16.9 Å². The van der Waals surface area contributed by atoms with Crippen LogP contribution in [0.15, 0.2) is 29.0 Å². The molecule has 7 nitrogen and oxygen atoms in total. The molecule has 2 aromatic heterocycles. The first kappa shape index (κ1) is 16.4. The molecule has 0 spiro atoms. The first-order chi connectivity index (χ1) is 10.4. The van der Waals surface area contributed by atoms with Crippen molar-refractivity contribution in [2.45, 2.75) is 19.4 Å². The Morgan fingerprint density at radius 1 is 1.55 bits per heavy atom. The van der Waals surface area contributed by atoms with Crippen LogP contribution in [0.5, 0.6) is 0 Å². The first-order valence-corrected chi connectivity index (χ1v) is 7.51. The highest BCUT2D eigenvalue weighted by atomic mass is 79.9. The molecule has 0 saturated heterocycles. The second-order valence-electron chi connectivity index (χ2n) is 4.35. The van der Waals surface area contributed by atoms with Crippen molar-refractivity contribution in [2.75, 3.05) is 0 Å². The van der Waals surface area contributed by atoms with Crippen LogP contribution in [0.3, 0.4) is 0 Å². The fraction of sp³-hybridized carbons (Fsp3) is 0.231. The smallest absolute Gasteiger partial charge is 0.326 e. The molecule has 0 aliphatic heterocycles. The molecule has 0 bridgehead atoms. The van der Waals surface area contributed by atoms with Crippen molar-refractivity contribution in [3.05, 3.63) is 39.7 Å². The molecule has 0 aliphatic rings. The molecule has 1 atom stereocenters. The lowest BCUT2D eigenvalue weighted by Crippen LogP contribution is -2.41. The van der Waals surface area contributed by atoms with Gasteiger partial charge in [0.25, 0.3) is 5.91 Å². The molecule has 1 amide bonds. The standard InChI is InChI=1S/C13H12BrClN4O3/c1-2-8(13(21)22)17-12(20)9-6-10(14)18-19(9)11-7(15)4-3-5-16-11/h3-6,8H,2H2,1H3,(H,17,20)(H,21,22)/t8-/m1/s1. The fourth-order valence-corrected chi connectivity index (χ4v) is 2.36. The molecule has 2 heterocycles. The molecule has 0 aliphatic carbocycles. The number of carbonyl (C=O) groups excluding carboxylic acids is 1. The molecule has 0 fully saturated rings. The molecule has 116 valence electrons. The molecule has 2 N–H and O–H groups in total. The third kappa shape index (κ3) is 3.45. The molecule has 2 rings (SSSR count). The van der Waals surface area contributed by atoms with Gasteiger partial charge < -0.3 is 10.4 Å². The number of hydrogen-bond donors (Lipinski definition) is 2. The number of nitrogens with one attached hydrogen (secondary N) is 1. The topological polar surface area (TPSA) is 97.1 Å². The largest absolute Gasteiger partial charge is 0.480 e. The van der Waals surface area contributed by atoms with E-state index in [2.05, 4.69) is 31.3 Å². The minimum Gasteiger partial charge on any atom is -0.480 e. The Kier molecular flexibility index (Phi) is 5.15. The average Bonchev–Trinajstić information content (AvgIpc) is 2.86. The van der Waals surface area contributed by atoms with Gasteiger partial charge in [0.2, 0.25) is 0 Å². The van der Waals surface area contributed by atoms with Gasteiger partial charge in [-0.05, 0) is 34.5 Å². The van der Waals surface area contributed by atoms with E-state index in [0.717, 1.165) is 0 Å². The van der Waals surface area contributed by atoms with Crippen molar-refractivity contribution in [1.29, 1.82) is 0 Å². The van der Waals surface area contributed by atoms with Crippen LogP contribution >= 0.6 is 27.5 Å². The van der Waals surface area contributed by atoms with E-state index >= 15 is 0 Å². The number of carboxylic acid groups (broad SMARTS) is 1. The summed E-state index contributed by atoms with van der Waals surface area (Å²) in [6.07, 6.45) is 1.78. The summed E-state index contributed by atoms with van der Waals surface area (Å²) in [7, 11) is 0. The van der Waals surface area contributed by atoms with Crippen molar-refractivity contribution in [3.8, 4) is 5.82 Å². The van der Waals surface area contributed by atoms with Gasteiger partial charge in [0.05, 0.1) is 5.02 Å². The normalized spacial score (nSPS) is 12.0. The maximum atomic E-state index is 12.3. The summed E-state index contributed by atoms with van der Waals surface area (Å²) in [4.78, 5) is 27.4. The van der Waals surface area contributed by atoms with Crippen LogP contribution in [-0.4, -0.2) is 37.8 Å². The Labute approximate surface area is 139 Å². The number of carboxylic acids is 1. The van der Waals surface area contributed by atoms with Gasteiger partial charge in [-0.1, -0.05) is 18.5 Å². The lowest BCUT2D eigenvalue weighted by atomic mass is 10.2.